The number of esters is 1. The predicted octanol–water partition coefficient (Wildman–Crippen LogP) is 9.08. The maximum absolute atomic E-state index is 14.3. The fraction of sp³-hybridized carbons (Fsp3) is 0.176. The Morgan fingerprint density at radius 1 is 0.717 bits per heavy atom. The summed E-state index contributed by atoms with van der Waals surface area (Å²) in [6.07, 6.45) is 3.02. The minimum absolute atomic E-state index is 0.0298. The molecule has 1 aliphatic carbocycles. The third-order valence-corrected chi connectivity index (χ3v) is 11.4. The lowest BCUT2D eigenvalue weighted by Gasteiger charge is -2.37. The molecule has 0 saturated heterocycles. The molecular formula is C51H46N4O5. The van der Waals surface area contributed by atoms with Crippen LogP contribution in [0.15, 0.2) is 176 Å². The van der Waals surface area contributed by atoms with Gasteiger partial charge in [0.2, 0.25) is 5.91 Å². The summed E-state index contributed by atoms with van der Waals surface area (Å²) >= 11 is 0. The Hall–Kier alpha value is -7.26. The standard InChI is InChI=1S/C51H46N4O5/c1-35-27-29-41(30-28-35)55(50(58)60-33-46-44-25-15-13-23-42(44)43-24-14-16-26-45(43)46)36(2)48(56)53-47(49(57)59-3)31-40-32-54(34-52-40)51(37-17-7-4-8-18-37,38-19-9-5-10-20-38)39-21-11-6-12-22-39/h4-30,32,34,36,46-47H,31,33H2,1-3H3,(H,53,56)/t36-,47-/m0/s1. The zero-order valence-electron chi connectivity index (χ0n) is 33.8. The van der Waals surface area contributed by atoms with E-state index in [1.54, 1.807) is 25.4 Å². The van der Waals surface area contributed by atoms with E-state index in [4.69, 9.17) is 14.5 Å². The molecular weight excluding hydrogens is 749 g/mol. The summed E-state index contributed by atoms with van der Waals surface area (Å²) in [4.78, 5) is 48.0. The van der Waals surface area contributed by atoms with Crippen LogP contribution in [0.3, 0.4) is 0 Å². The molecule has 0 spiro atoms. The highest BCUT2D eigenvalue weighted by Crippen LogP contribution is 2.45. The van der Waals surface area contributed by atoms with Crippen LogP contribution < -0.4 is 10.2 Å². The second kappa shape index (κ2) is 17.3. The Labute approximate surface area is 350 Å². The first-order chi connectivity index (χ1) is 29.3. The second-order valence-corrected chi connectivity index (χ2v) is 15.1. The van der Waals surface area contributed by atoms with Gasteiger partial charge in [0.25, 0.3) is 0 Å². The van der Waals surface area contributed by atoms with Gasteiger partial charge in [-0.25, -0.2) is 14.6 Å². The molecule has 9 nitrogen and oxygen atoms in total. The first-order valence-corrected chi connectivity index (χ1v) is 20.1. The van der Waals surface area contributed by atoms with Gasteiger partial charge in [0.1, 0.15) is 24.2 Å². The number of carbonyl (C=O) groups excluding carboxylic acids is 3. The van der Waals surface area contributed by atoms with Gasteiger partial charge >= 0.3 is 12.1 Å². The van der Waals surface area contributed by atoms with E-state index < -0.39 is 35.6 Å². The van der Waals surface area contributed by atoms with Gasteiger partial charge in [0, 0.05) is 24.2 Å². The minimum Gasteiger partial charge on any atom is -0.467 e. The normalized spacial score (nSPS) is 13.1. The first kappa shape index (κ1) is 39.6. The molecule has 300 valence electrons. The molecule has 1 N–H and O–H groups in total. The molecule has 0 saturated carbocycles. The van der Waals surface area contributed by atoms with Crippen molar-refractivity contribution in [3.05, 3.63) is 215 Å². The highest BCUT2D eigenvalue weighted by Gasteiger charge is 2.39. The Bertz CT molecular complexity index is 2450. The van der Waals surface area contributed by atoms with Crippen molar-refractivity contribution in [2.75, 3.05) is 18.6 Å². The summed E-state index contributed by atoms with van der Waals surface area (Å²) in [7, 11) is 1.28. The van der Waals surface area contributed by atoms with E-state index in [2.05, 4.69) is 70.5 Å². The number of nitrogens with zero attached hydrogens (tertiary/aromatic N) is 3. The lowest BCUT2D eigenvalue weighted by molar-refractivity contribution is -0.145. The average Bonchev–Trinajstić information content (AvgIpc) is 3.89. The summed E-state index contributed by atoms with van der Waals surface area (Å²) < 4.78 is 13.3. The Kier molecular flexibility index (Phi) is 11.4. The summed E-state index contributed by atoms with van der Waals surface area (Å²) in [6, 6.07) is 52.0. The van der Waals surface area contributed by atoms with Crippen molar-refractivity contribution in [1.82, 2.24) is 14.9 Å². The number of aromatic nitrogens is 2. The molecule has 2 atom stereocenters. The number of imidazole rings is 1. The molecule has 2 amide bonds. The van der Waals surface area contributed by atoms with Crippen LogP contribution in [0, 0.1) is 6.92 Å². The first-order valence-electron chi connectivity index (χ1n) is 20.1. The van der Waals surface area contributed by atoms with Crippen molar-refractivity contribution < 1.29 is 23.9 Å². The van der Waals surface area contributed by atoms with Gasteiger partial charge in [0.15, 0.2) is 0 Å². The molecule has 9 heteroatoms. The van der Waals surface area contributed by atoms with Gasteiger partial charge < -0.3 is 19.4 Å². The number of ether oxygens (including phenoxy) is 2. The molecule has 1 heterocycles. The van der Waals surface area contributed by atoms with Gasteiger partial charge in [-0.05, 0) is 64.9 Å². The molecule has 0 unspecified atom stereocenters. The SMILES string of the molecule is COC(=O)[C@H](Cc1cn(C(c2ccccc2)(c2ccccc2)c2ccccc2)cn1)NC(=O)[C@H](C)N(C(=O)OCC1c2ccccc2-c2ccccc21)c1ccc(C)cc1. The van der Waals surface area contributed by atoms with E-state index in [1.165, 1.54) is 12.0 Å². The number of methoxy groups -OCH3 is 1. The Balaban J connectivity index is 1.07. The molecule has 7 aromatic rings. The van der Waals surface area contributed by atoms with Gasteiger partial charge in [-0.3, -0.25) is 9.69 Å². The molecule has 1 aromatic heterocycles. The summed E-state index contributed by atoms with van der Waals surface area (Å²) in [5.74, 6) is -1.38. The monoisotopic (exact) mass is 794 g/mol. The summed E-state index contributed by atoms with van der Waals surface area (Å²) in [5.41, 5.74) is 8.64. The third-order valence-electron chi connectivity index (χ3n) is 11.4. The predicted molar refractivity (Wildman–Crippen MR) is 233 cm³/mol. The van der Waals surface area contributed by atoms with Crippen molar-refractivity contribution >= 4 is 23.7 Å². The highest BCUT2D eigenvalue weighted by atomic mass is 16.6. The van der Waals surface area contributed by atoms with Crippen LogP contribution in [0.1, 0.15) is 51.9 Å². The zero-order chi connectivity index (χ0) is 41.6. The second-order valence-electron chi connectivity index (χ2n) is 15.1. The highest BCUT2D eigenvalue weighted by molar-refractivity contribution is 5.98. The molecule has 0 fully saturated rings. The topological polar surface area (TPSA) is 103 Å². The fourth-order valence-electron chi connectivity index (χ4n) is 8.45. The maximum Gasteiger partial charge on any atom is 0.415 e. The van der Waals surface area contributed by atoms with Crippen molar-refractivity contribution in [3.63, 3.8) is 0 Å². The van der Waals surface area contributed by atoms with Gasteiger partial charge in [-0.15, -0.1) is 0 Å². The van der Waals surface area contributed by atoms with E-state index >= 15 is 0 Å². The lowest BCUT2D eigenvalue weighted by atomic mass is 9.77. The quantitative estimate of drug-likeness (QED) is 0.0924. The number of carbonyl (C=O) groups is 3. The number of benzene rings is 6. The smallest absolute Gasteiger partial charge is 0.415 e. The molecule has 60 heavy (non-hydrogen) atoms. The number of hydrogen-bond acceptors (Lipinski definition) is 6. The number of hydrogen-bond donors (Lipinski definition) is 1. The Morgan fingerprint density at radius 3 is 1.73 bits per heavy atom. The average molecular weight is 795 g/mol. The van der Waals surface area contributed by atoms with Gasteiger partial charge in [-0.1, -0.05) is 157 Å². The lowest BCUT2D eigenvalue weighted by Crippen LogP contribution is -2.53. The molecule has 6 aromatic carbocycles. The number of anilines is 1. The number of amides is 2. The molecule has 0 bridgehead atoms. The van der Waals surface area contributed by atoms with Crippen LogP contribution in [-0.2, 0) is 31.0 Å². The van der Waals surface area contributed by atoms with Crippen LogP contribution in [0.2, 0.25) is 0 Å². The number of fused-ring (bicyclic) bond motifs is 3. The number of nitrogens with one attached hydrogen (secondary N) is 1. The molecule has 1 aliphatic rings. The van der Waals surface area contributed by atoms with E-state index in [1.807, 2.05) is 104 Å². The van der Waals surface area contributed by atoms with Crippen molar-refractivity contribution in [3.8, 4) is 11.1 Å². The maximum atomic E-state index is 14.3. The van der Waals surface area contributed by atoms with Crippen molar-refractivity contribution in [2.24, 2.45) is 0 Å². The summed E-state index contributed by atoms with van der Waals surface area (Å²) in [6.45, 7) is 3.64. The minimum atomic E-state index is -1.12. The fourth-order valence-corrected chi connectivity index (χ4v) is 8.45. The van der Waals surface area contributed by atoms with Gasteiger partial charge in [-0.2, -0.15) is 0 Å². The zero-order valence-corrected chi connectivity index (χ0v) is 33.8. The van der Waals surface area contributed by atoms with Crippen LogP contribution in [-0.4, -0.2) is 53.3 Å². The third kappa shape index (κ3) is 7.57. The largest absolute Gasteiger partial charge is 0.467 e. The van der Waals surface area contributed by atoms with E-state index in [0.29, 0.717) is 11.4 Å². The summed E-state index contributed by atoms with van der Waals surface area (Å²) in [5, 5.41) is 2.89. The molecule has 8 rings (SSSR count). The number of rotatable bonds is 13. The van der Waals surface area contributed by atoms with E-state index in [-0.39, 0.29) is 18.9 Å². The van der Waals surface area contributed by atoms with E-state index in [9.17, 15) is 14.4 Å². The van der Waals surface area contributed by atoms with Crippen LogP contribution in [0.25, 0.3) is 11.1 Å². The van der Waals surface area contributed by atoms with Crippen molar-refractivity contribution in [1.29, 1.82) is 0 Å². The van der Waals surface area contributed by atoms with Crippen LogP contribution in [0.4, 0.5) is 10.5 Å². The number of aryl methyl sites for hydroxylation is 1. The van der Waals surface area contributed by atoms with Crippen LogP contribution >= 0.6 is 0 Å². The Morgan fingerprint density at radius 2 is 1.22 bits per heavy atom. The van der Waals surface area contributed by atoms with Crippen molar-refractivity contribution in [2.45, 2.75) is 43.8 Å². The van der Waals surface area contributed by atoms with Crippen LogP contribution in [0.5, 0.6) is 0 Å². The van der Waals surface area contributed by atoms with E-state index in [0.717, 1.165) is 44.5 Å². The molecule has 0 radical (unpaired) electrons. The van der Waals surface area contributed by atoms with Gasteiger partial charge in [0.05, 0.1) is 19.1 Å². The molecule has 0 aliphatic heterocycles.